The fourth-order valence-electron chi connectivity index (χ4n) is 1.98. The molecule has 0 fully saturated rings. The number of hydrazone groups is 1. The average molecular weight is 344 g/mol. The third-order valence-corrected chi connectivity index (χ3v) is 3.31. The molecule has 2 aromatic carbocycles. The summed E-state index contributed by atoms with van der Waals surface area (Å²) in [7, 11) is 3.02. The van der Waals surface area contributed by atoms with Crippen LogP contribution in [0.25, 0.3) is 0 Å². The molecule has 0 aromatic heterocycles. The molecule has 2 aromatic rings. The van der Waals surface area contributed by atoms with Gasteiger partial charge >= 0.3 is 0 Å². The molecule has 1 unspecified atom stereocenters. The predicted molar refractivity (Wildman–Crippen MR) is 93.5 cm³/mol. The summed E-state index contributed by atoms with van der Waals surface area (Å²) in [5, 5.41) is 13.5. The molecule has 2 rings (SSSR count). The molecule has 1 atom stereocenters. The SMILES string of the molecule is COc1cccc(OC(C)C(=O)N/N=C/c2ccc(OC)c(O)c2)c1. The number of phenolic OH excluding ortho intramolecular Hbond substituents is 1. The molecule has 2 N–H and O–H groups in total. The molecular formula is C18H20N2O5. The van der Waals surface area contributed by atoms with Crippen LogP contribution < -0.4 is 19.6 Å². The Bertz CT molecular complexity index is 761. The van der Waals surface area contributed by atoms with Crippen molar-refractivity contribution in [1.82, 2.24) is 5.43 Å². The van der Waals surface area contributed by atoms with Gasteiger partial charge in [-0.2, -0.15) is 5.10 Å². The van der Waals surface area contributed by atoms with Crippen LogP contribution in [-0.2, 0) is 4.79 Å². The van der Waals surface area contributed by atoms with Crippen LogP contribution in [0.2, 0.25) is 0 Å². The van der Waals surface area contributed by atoms with Crippen molar-refractivity contribution in [2.24, 2.45) is 5.10 Å². The van der Waals surface area contributed by atoms with E-state index in [4.69, 9.17) is 14.2 Å². The molecule has 7 heteroatoms. The van der Waals surface area contributed by atoms with E-state index in [1.54, 1.807) is 50.4 Å². The standard InChI is InChI=1S/C18H20N2O5/c1-12(25-15-6-4-5-14(10-15)23-2)18(22)20-19-11-13-7-8-17(24-3)16(21)9-13/h4-12,21H,1-3H3,(H,20,22)/b19-11+. The molecule has 0 aliphatic carbocycles. The van der Waals surface area contributed by atoms with E-state index in [1.807, 2.05) is 0 Å². The van der Waals surface area contributed by atoms with Crippen LogP contribution in [0, 0.1) is 0 Å². The van der Waals surface area contributed by atoms with Gasteiger partial charge in [-0.25, -0.2) is 5.43 Å². The van der Waals surface area contributed by atoms with Gasteiger partial charge in [-0.1, -0.05) is 6.07 Å². The molecule has 0 saturated heterocycles. The molecule has 0 radical (unpaired) electrons. The van der Waals surface area contributed by atoms with Gasteiger partial charge in [0.15, 0.2) is 17.6 Å². The number of nitrogens with zero attached hydrogens (tertiary/aromatic N) is 1. The Hall–Kier alpha value is -3.22. The van der Waals surface area contributed by atoms with E-state index in [0.29, 0.717) is 22.8 Å². The van der Waals surface area contributed by atoms with Crippen LogP contribution in [-0.4, -0.2) is 37.6 Å². The van der Waals surface area contributed by atoms with E-state index in [-0.39, 0.29) is 5.75 Å². The Labute approximate surface area is 145 Å². The van der Waals surface area contributed by atoms with Gasteiger partial charge in [-0.05, 0) is 42.8 Å². The molecular weight excluding hydrogens is 324 g/mol. The summed E-state index contributed by atoms with van der Waals surface area (Å²) in [5.41, 5.74) is 3.00. The summed E-state index contributed by atoms with van der Waals surface area (Å²) in [4.78, 5) is 12.0. The molecule has 7 nitrogen and oxygen atoms in total. The average Bonchev–Trinajstić information content (AvgIpc) is 2.62. The Morgan fingerprint density at radius 3 is 2.60 bits per heavy atom. The van der Waals surface area contributed by atoms with Crippen LogP contribution >= 0.6 is 0 Å². The lowest BCUT2D eigenvalue weighted by molar-refractivity contribution is -0.127. The quantitative estimate of drug-likeness (QED) is 0.594. The zero-order valence-corrected chi connectivity index (χ0v) is 14.2. The third kappa shape index (κ3) is 5.13. The van der Waals surface area contributed by atoms with E-state index in [1.165, 1.54) is 19.4 Å². The first-order valence-electron chi connectivity index (χ1n) is 7.54. The Morgan fingerprint density at radius 1 is 1.16 bits per heavy atom. The summed E-state index contributed by atoms with van der Waals surface area (Å²) >= 11 is 0. The summed E-state index contributed by atoms with van der Waals surface area (Å²) in [5.74, 6) is 1.11. The highest BCUT2D eigenvalue weighted by Crippen LogP contribution is 2.25. The van der Waals surface area contributed by atoms with Crippen molar-refractivity contribution >= 4 is 12.1 Å². The largest absolute Gasteiger partial charge is 0.504 e. The maximum Gasteiger partial charge on any atom is 0.280 e. The molecule has 0 aliphatic rings. The van der Waals surface area contributed by atoms with E-state index in [2.05, 4.69) is 10.5 Å². The molecule has 25 heavy (non-hydrogen) atoms. The fraction of sp³-hybridized carbons (Fsp3) is 0.222. The summed E-state index contributed by atoms with van der Waals surface area (Å²) in [6.45, 7) is 1.61. The smallest absolute Gasteiger partial charge is 0.280 e. The lowest BCUT2D eigenvalue weighted by Crippen LogP contribution is -2.33. The van der Waals surface area contributed by atoms with Gasteiger partial charge in [0.05, 0.1) is 20.4 Å². The van der Waals surface area contributed by atoms with Crippen molar-refractivity contribution in [3.63, 3.8) is 0 Å². The van der Waals surface area contributed by atoms with Crippen LogP contribution in [0.5, 0.6) is 23.0 Å². The van der Waals surface area contributed by atoms with Crippen LogP contribution in [0.4, 0.5) is 0 Å². The molecule has 0 spiro atoms. The van der Waals surface area contributed by atoms with Crippen LogP contribution in [0.3, 0.4) is 0 Å². The zero-order valence-electron chi connectivity index (χ0n) is 14.2. The van der Waals surface area contributed by atoms with Gasteiger partial charge in [-0.15, -0.1) is 0 Å². The zero-order chi connectivity index (χ0) is 18.2. The van der Waals surface area contributed by atoms with Crippen molar-refractivity contribution in [3.8, 4) is 23.0 Å². The van der Waals surface area contributed by atoms with Crippen molar-refractivity contribution in [2.75, 3.05) is 14.2 Å². The second kappa shape index (κ2) is 8.58. The van der Waals surface area contributed by atoms with Crippen molar-refractivity contribution in [3.05, 3.63) is 48.0 Å². The number of amides is 1. The van der Waals surface area contributed by atoms with Crippen molar-refractivity contribution < 1.29 is 24.1 Å². The molecule has 0 saturated carbocycles. The number of aromatic hydroxyl groups is 1. The molecule has 0 heterocycles. The van der Waals surface area contributed by atoms with Gasteiger partial charge in [-0.3, -0.25) is 4.79 Å². The van der Waals surface area contributed by atoms with E-state index in [9.17, 15) is 9.90 Å². The monoisotopic (exact) mass is 344 g/mol. The Kier molecular flexibility index (Phi) is 6.22. The normalized spacial score (nSPS) is 11.8. The minimum atomic E-state index is -0.742. The number of rotatable bonds is 7. The molecule has 132 valence electrons. The number of nitrogens with one attached hydrogen (secondary N) is 1. The lowest BCUT2D eigenvalue weighted by Gasteiger charge is -2.13. The number of hydrogen-bond donors (Lipinski definition) is 2. The first-order valence-corrected chi connectivity index (χ1v) is 7.54. The molecule has 1 amide bonds. The van der Waals surface area contributed by atoms with Gasteiger partial charge in [0.1, 0.15) is 11.5 Å². The Morgan fingerprint density at radius 2 is 1.92 bits per heavy atom. The first-order chi connectivity index (χ1) is 12.0. The second-order valence-electron chi connectivity index (χ2n) is 5.10. The van der Waals surface area contributed by atoms with Crippen molar-refractivity contribution in [2.45, 2.75) is 13.0 Å². The van der Waals surface area contributed by atoms with Gasteiger partial charge < -0.3 is 19.3 Å². The second-order valence-corrected chi connectivity index (χ2v) is 5.10. The van der Waals surface area contributed by atoms with E-state index in [0.717, 1.165) is 0 Å². The highest BCUT2D eigenvalue weighted by Gasteiger charge is 2.14. The minimum absolute atomic E-state index is 0.00694. The van der Waals surface area contributed by atoms with E-state index >= 15 is 0 Å². The molecule has 0 bridgehead atoms. The Balaban J connectivity index is 1.91. The first kappa shape index (κ1) is 18.1. The lowest BCUT2D eigenvalue weighted by atomic mass is 10.2. The van der Waals surface area contributed by atoms with Gasteiger partial charge in [0, 0.05) is 6.07 Å². The number of hydrogen-bond acceptors (Lipinski definition) is 6. The highest BCUT2D eigenvalue weighted by atomic mass is 16.5. The maximum atomic E-state index is 12.0. The summed E-state index contributed by atoms with van der Waals surface area (Å²) < 4.78 is 15.6. The predicted octanol–water partition coefficient (Wildman–Crippen LogP) is 2.33. The topological polar surface area (TPSA) is 89.4 Å². The van der Waals surface area contributed by atoms with Crippen LogP contribution in [0.1, 0.15) is 12.5 Å². The fourth-order valence-corrected chi connectivity index (χ4v) is 1.98. The summed E-state index contributed by atoms with van der Waals surface area (Å²) in [6.07, 6.45) is 0.670. The number of phenols is 1. The number of carbonyl (C=O) groups excluding carboxylic acids is 1. The number of ether oxygens (including phenoxy) is 3. The number of methoxy groups -OCH3 is 2. The summed E-state index contributed by atoms with van der Waals surface area (Å²) in [6, 6.07) is 11.8. The van der Waals surface area contributed by atoms with Gasteiger partial charge in [0.2, 0.25) is 0 Å². The minimum Gasteiger partial charge on any atom is -0.504 e. The van der Waals surface area contributed by atoms with Gasteiger partial charge in [0.25, 0.3) is 5.91 Å². The maximum absolute atomic E-state index is 12.0. The van der Waals surface area contributed by atoms with E-state index < -0.39 is 12.0 Å². The third-order valence-electron chi connectivity index (χ3n) is 3.31. The number of carbonyl (C=O) groups is 1. The van der Waals surface area contributed by atoms with Crippen LogP contribution in [0.15, 0.2) is 47.6 Å². The highest BCUT2D eigenvalue weighted by molar-refractivity contribution is 5.84. The number of benzene rings is 2. The van der Waals surface area contributed by atoms with Crippen molar-refractivity contribution in [1.29, 1.82) is 0 Å². The molecule has 0 aliphatic heterocycles.